The number of carbonyl (C=O) groups excluding carboxylic acids is 1. The molecule has 1 saturated carbocycles. The van der Waals surface area contributed by atoms with Gasteiger partial charge < -0.3 is 15.0 Å². The molecule has 4 atom stereocenters. The van der Waals surface area contributed by atoms with Crippen molar-refractivity contribution in [1.82, 2.24) is 9.55 Å². The van der Waals surface area contributed by atoms with Gasteiger partial charge in [-0.2, -0.15) is 18.4 Å². The highest BCUT2D eigenvalue weighted by Crippen LogP contribution is 2.47. The number of fused-ring (bicyclic) bond motifs is 1. The Bertz CT molecular complexity index is 1610. The van der Waals surface area contributed by atoms with E-state index in [1.54, 1.807) is 0 Å². The molecule has 0 bridgehead atoms. The molecular weight excluding hydrogens is 548 g/mol. The second-order valence-electron chi connectivity index (χ2n) is 11.1. The third kappa shape index (κ3) is 5.56. The van der Waals surface area contributed by atoms with E-state index in [-0.39, 0.29) is 12.2 Å². The monoisotopic (exact) mass is 578 g/mol. The summed E-state index contributed by atoms with van der Waals surface area (Å²) in [5.74, 6) is -3.95. The Hall–Kier alpha value is -4.39. The fourth-order valence-corrected chi connectivity index (χ4v) is 6.24. The number of aliphatic hydroxyl groups is 1. The van der Waals surface area contributed by atoms with Crippen molar-refractivity contribution in [2.45, 2.75) is 44.7 Å². The van der Waals surface area contributed by atoms with Gasteiger partial charge in [0.15, 0.2) is 0 Å². The van der Waals surface area contributed by atoms with E-state index >= 15 is 0 Å². The molecule has 0 radical (unpaired) electrons. The number of hydrogen-bond donors (Lipinski definition) is 2. The smallest absolute Gasteiger partial charge is 0.416 e. The topological polar surface area (TPSA) is 90.9 Å². The van der Waals surface area contributed by atoms with E-state index in [1.165, 1.54) is 5.69 Å². The largest absolute Gasteiger partial charge is 0.513 e. The summed E-state index contributed by atoms with van der Waals surface area (Å²) in [4.78, 5) is 18.0. The molecule has 3 unspecified atom stereocenters. The molecule has 1 heterocycles. The van der Waals surface area contributed by atoms with Crippen LogP contribution in [0.3, 0.4) is 0 Å². The Morgan fingerprint density at radius 3 is 2.50 bits per heavy atom. The van der Waals surface area contributed by atoms with Gasteiger partial charge in [-0.05, 0) is 79.5 Å². The molecule has 2 aliphatic rings. The number of halogens is 4. The van der Waals surface area contributed by atoms with Crippen molar-refractivity contribution in [3.05, 3.63) is 94.5 Å². The summed E-state index contributed by atoms with van der Waals surface area (Å²) >= 11 is 0. The summed E-state index contributed by atoms with van der Waals surface area (Å²) in [7, 11) is 2.01. The molecule has 0 aliphatic heterocycles. The van der Waals surface area contributed by atoms with E-state index in [0.717, 1.165) is 47.1 Å². The molecule has 2 aromatic carbocycles. The van der Waals surface area contributed by atoms with Crippen LogP contribution in [-0.2, 0) is 24.4 Å². The highest BCUT2D eigenvalue weighted by Gasteiger charge is 2.44. The zero-order chi connectivity index (χ0) is 30.3. The fraction of sp³-hybridized carbons (Fsp3) is 0.344. The number of aromatic nitrogens is 2. The van der Waals surface area contributed by atoms with Crippen LogP contribution < -0.4 is 5.32 Å². The highest BCUT2D eigenvalue weighted by molar-refractivity contribution is 5.93. The van der Waals surface area contributed by atoms with E-state index in [2.05, 4.69) is 33.6 Å². The number of benzene rings is 2. The normalized spacial score (nSPS) is 22.1. The number of rotatable bonds is 5. The van der Waals surface area contributed by atoms with Crippen molar-refractivity contribution >= 4 is 23.2 Å². The molecule has 1 amide bonds. The molecule has 0 saturated heterocycles. The Balaban J connectivity index is 1.40. The molecule has 3 aromatic rings. The van der Waals surface area contributed by atoms with E-state index in [0.29, 0.717) is 18.6 Å². The first-order valence-corrected chi connectivity index (χ1v) is 13.7. The van der Waals surface area contributed by atoms with Crippen LogP contribution in [0.5, 0.6) is 0 Å². The van der Waals surface area contributed by atoms with Gasteiger partial charge in [0.2, 0.25) is 5.91 Å². The first-order valence-electron chi connectivity index (χ1n) is 13.7. The van der Waals surface area contributed by atoms with Gasteiger partial charge in [0, 0.05) is 30.5 Å². The second-order valence-corrected chi connectivity index (χ2v) is 11.1. The fourth-order valence-electron chi connectivity index (χ4n) is 6.24. The predicted octanol–water partition coefficient (Wildman–Crippen LogP) is 7.33. The van der Waals surface area contributed by atoms with Crippen LogP contribution in [-0.4, -0.2) is 20.6 Å². The Morgan fingerprint density at radius 1 is 1.17 bits per heavy atom. The van der Waals surface area contributed by atoms with E-state index in [1.807, 2.05) is 38.2 Å². The van der Waals surface area contributed by atoms with Crippen LogP contribution in [0.15, 0.2) is 54.8 Å². The SMILES string of the molecule is C=C(O)[C@H]1C(C(=O)Nc2ccc(C(F)(F)F)cc2F)CC(C#N)CC1c1ccc(C2=Cc3nc(C)n(C)c3CC2)cc1. The van der Waals surface area contributed by atoms with Crippen LogP contribution in [0.1, 0.15) is 59.1 Å². The lowest BCUT2D eigenvalue weighted by molar-refractivity contribution is -0.137. The Kier molecular flexibility index (Phi) is 7.71. The third-order valence-corrected chi connectivity index (χ3v) is 8.52. The van der Waals surface area contributed by atoms with Crippen LogP contribution in [0, 0.1) is 41.8 Å². The zero-order valence-corrected chi connectivity index (χ0v) is 23.2. The molecule has 6 nitrogen and oxygen atoms in total. The summed E-state index contributed by atoms with van der Waals surface area (Å²) in [6.07, 6.45) is -0.463. The van der Waals surface area contributed by atoms with Gasteiger partial charge in [-0.25, -0.2) is 9.37 Å². The minimum absolute atomic E-state index is 0.0854. The molecule has 5 rings (SSSR count). The lowest BCUT2D eigenvalue weighted by atomic mass is 9.64. The summed E-state index contributed by atoms with van der Waals surface area (Å²) in [6.45, 7) is 5.67. The number of aliphatic hydroxyl groups excluding tert-OH is 1. The van der Waals surface area contributed by atoms with Crippen LogP contribution >= 0.6 is 0 Å². The maximum Gasteiger partial charge on any atom is 0.416 e. The second kappa shape index (κ2) is 11.1. The molecule has 42 heavy (non-hydrogen) atoms. The number of amides is 1. The average molecular weight is 579 g/mol. The predicted molar refractivity (Wildman–Crippen MR) is 150 cm³/mol. The van der Waals surface area contributed by atoms with Crippen molar-refractivity contribution in [1.29, 1.82) is 5.26 Å². The molecule has 10 heteroatoms. The Labute approximate surface area is 241 Å². The molecule has 2 aliphatic carbocycles. The molecule has 0 spiro atoms. The van der Waals surface area contributed by atoms with Gasteiger partial charge in [0.05, 0.1) is 28.8 Å². The summed E-state index contributed by atoms with van der Waals surface area (Å²) in [5.41, 5.74) is 3.54. The minimum Gasteiger partial charge on any atom is -0.513 e. The van der Waals surface area contributed by atoms with Crippen LogP contribution in [0.25, 0.3) is 11.6 Å². The van der Waals surface area contributed by atoms with Gasteiger partial charge in [-0.15, -0.1) is 0 Å². The molecule has 2 N–H and O–H groups in total. The maximum absolute atomic E-state index is 14.5. The molecule has 1 aromatic heterocycles. The van der Waals surface area contributed by atoms with Crippen molar-refractivity contribution in [3.63, 3.8) is 0 Å². The number of carbonyl (C=O) groups is 1. The number of imidazole rings is 1. The van der Waals surface area contributed by atoms with Gasteiger partial charge >= 0.3 is 6.18 Å². The number of allylic oxidation sites excluding steroid dienone is 2. The van der Waals surface area contributed by atoms with Crippen molar-refractivity contribution in [3.8, 4) is 6.07 Å². The quantitative estimate of drug-likeness (QED) is 0.245. The number of nitrogens with one attached hydrogen (secondary N) is 1. The van der Waals surface area contributed by atoms with Crippen LogP contribution in [0.4, 0.5) is 23.2 Å². The lowest BCUT2D eigenvalue weighted by Crippen LogP contribution is -2.39. The van der Waals surface area contributed by atoms with E-state index < -0.39 is 52.8 Å². The summed E-state index contributed by atoms with van der Waals surface area (Å²) in [5, 5.41) is 22.8. The van der Waals surface area contributed by atoms with Gasteiger partial charge in [-0.3, -0.25) is 4.79 Å². The van der Waals surface area contributed by atoms with E-state index in [4.69, 9.17) is 0 Å². The number of nitriles is 1. The zero-order valence-electron chi connectivity index (χ0n) is 23.2. The van der Waals surface area contributed by atoms with Crippen molar-refractivity contribution in [2.24, 2.45) is 24.8 Å². The van der Waals surface area contributed by atoms with Gasteiger partial charge in [-0.1, -0.05) is 30.8 Å². The highest BCUT2D eigenvalue weighted by atomic mass is 19.4. The number of anilines is 1. The number of hydrogen-bond acceptors (Lipinski definition) is 4. The minimum atomic E-state index is -4.73. The molecule has 1 fully saturated rings. The van der Waals surface area contributed by atoms with Crippen molar-refractivity contribution in [2.75, 3.05) is 5.32 Å². The lowest BCUT2D eigenvalue weighted by Gasteiger charge is -2.39. The summed E-state index contributed by atoms with van der Waals surface area (Å²) < 4.78 is 55.5. The third-order valence-electron chi connectivity index (χ3n) is 8.52. The first-order chi connectivity index (χ1) is 19.9. The number of nitrogens with zero attached hydrogens (tertiary/aromatic N) is 3. The van der Waals surface area contributed by atoms with Gasteiger partial charge in [0.25, 0.3) is 0 Å². The average Bonchev–Trinajstić information content (AvgIpc) is 3.24. The Morgan fingerprint density at radius 2 is 1.88 bits per heavy atom. The standard InChI is InChI=1S/C32H30F4N4O2/c1-17(41)30-24(21-6-4-20(5-7-21)22-8-11-29-28(14-22)38-18(2)40(29)3)12-19(16-37)13-25(30)31(42)39-27-10-9-23(15-26(27)33)32(34,35)36/h4-7,9-10,14-15,19,24-25,30,41H,1,8,11-13H2,2-3H3,(H,39,42)/t19?,24?,25?,30-/m1/s1. The number of aryl methyl sites for hydroxylation is 1. The maximum atomic E-state index is 14.5. The van der Waals surface area contributed by atoms with Crippen molar-refractivity contribution < 1.29 is 27.5 Å². The van der Waals surface area contributed by atoms with Crippen LogP contribution in [0.2, 0.25) is 0 Å². The first kappa shape index (κ1) is 29.1. The van der Waals surface area contributed by atoms with Gasteiger partial charge in [0.1, 0.15) is 11.6 Å². The van der Waals surface area contributed by atoms with E-state index in [9.17, 15) is 32.7 Å². The molecule has 218 valence electrons. The molecular formula is C32H30F4N4O2. The summed E-state index contributed by atoms with van der Waals surface area (Å²) in [6, 6.07) is 11.9. The number of alkyl halides is 3.